The summed E-state index contributed by atoms with van der Waals surface area (Å²) < 4.78 is 5.45. The monoisotopic (exact) mass is 509 g/mol. The van der Waals surface area contributed by atoms with Crippen molar-refractivity contribution >= 4 is 38.9 Å². The molecule has 0 unspecified atom stereocenters. The zero-order valence-electron chi connectivity index (χ0n) is 18.5. The van der Waals surface area contributed by atoms with Crippen LogP contribution in [-0.4, -0.2) is 49.8 Å². The molecular formula is C23H24BrN7O2. The molecule has 10 heteroatoms. The molecular weight excluding hydrogens is 486 g/mol. The van der Waals surface area contributed by atoms with Gasteiger partial charge in [-0.2, -0.15) is 4.98 Å². The number of imidazole rings is 1. The number of benzene rings is 1. The van der Waals surface area contributed by atoms with Crippen LogP contribution in [0.3, 0.4) is 0 Å². The van der Waals surface area contributed by atoms with Crippen molar-refractivity contribution in [3.05, 3.63) is 79.5 Å². The highest BCUT2D eigenvalue weighted by atomic mass is 79.9. The summed E-state index contributed by atoms with van der Waals surface area (Å²) in [5.41, 5.74) is 0.990. The fourth-order valence-corrected chi connectivity index (χ4v) is 4.80. The van der Waals surface area contributed by atoms with Crippen LogP contribution < -0.4 is 21.0 Å². The van der Waals surface area contributed by atoms with Crippen molar-refractivity contribution in [2.75, 3.05) is 36.0 Å². The van der Waals surface area contributed by atoms with E-state index in [1.54, 1.807) is 13.2 Å². The van der Waals surface area contributed by atoms with Gasteiger partial charge in [0.25, 0.3) is 5.56 Å². The Bertz CT molecular complexity index is 1430. The topological polar surface area (TPSA) is 81.2 Å². The van der Waals surface area contributed by atoms with Crippen molar-refractivity contribution in [2.24, 2.45) is 14.1 Å². The summed E-state index contributed by atoms with van der Waals surface area (Å²) in [6.45, 7) is 3.28. The van der Waals surface area contributed by atoms with E-state index < -0.39 is 0 Å². The van der Waals surface area contributed by atoms with Gasteiger partial charge in [-0.15, -0.1) is 0 Å². The Morgan fingerprint density at radius 1 is 0.939 bits per heavy atom. The van der Waals surface area contributed by atoms with E-state index in [0.717, 1.165) is 42.0 Å². The van der Waals surface area contributed by atoms with Crippen molar-refractivity contribution < 1.29 is 0 Å². The number of pyridine rings is 1. The van der Waals surface area contributed by atoms with E-state index in [-0.39, 0.29) is 17.8 Å². The third-order valence-corrected chi connectivity index (χ3v) is 6.60. The van der Waals surface area contributed by atoms with Gasteiger partial charge in [-0.25, -0.2) is 9.78 Å². The molecule has 0 atom stereocenters. The molecule has 1 aromatic carbocycles. The van der Waals surface area contributed by atoms with E-state index in [4.69, 9.17) is 4.98 Å². The minimum atomic E-state index is -0.378. The van der Waals surface area contributed by atoms with Crippen LogP contribution in [0.25, 0.3) is 11.2 Å². The van der Waals surface area contributed by atoms with E-state index >= 15 is 0 Å². The predicted octanol–water partition coefficient (Wildman–Crippen LogP) is 1.97. The Morgan fingerprint density at radius 3 is 2.39 bits per heavy atom. The number of fused-ring (bicyclic) bond motifs is 1. The average molecular weight is 510 g/mol. The third kappa shape index (κ3) is 3.84. The number of nitrogens with zero attached hydrogens (tertiary/aromatic N) is 7. The van der Waals surface area contributed by atoms with Crippen molar-refractivity contribution in [1.82, 2.24) is 23.7 Å². The zero-order valence-corrected chi connectivity index (χ0v) is 20.1. The fraction of sp³-hybridized carbons (Fsp3) is 0.304. The molecule has 5 rings (SSSR count). The molecule has 170 valence electrons. The molecule has 0 bridgehead atoms. The summed E-state index contributed by atoms with van der Waals surface area (Å²) in [4.78, 5) is 40.0. The maximum Gasteiger partial charge on any atom is 0.332 e. The molecule has 1 saturated heterocycles. The Balaban J connectivity index is 1.49. The molecule has 0 N–H and O–H groups in total. The zero-order chi connectivity index (χ0) is 23.1. The summed E-state index contributed by atoms with van der Waals surface area (Å²) in [7, 11) is 3.50. The second-order valence-corrected chi connectivity index (χ2v) is 9.08. The molecule has 0 radical (unpaired) electrons. The van der Waals surface area contributed by atoms with Crippen LogP contribution in [0.4, 0.5) is 11.8 Å². The number of hydrogen-bond acceptors (Lipinski definition) is 6. The quantitative estimate of drug-likeness (QED) is 0.418. The fourth-order valence-electron chi connectivity index (χ4n) is 4.35. The predicted molar refractivity (Wildman–Crippen MR) is 132 cm³/mol. The lowest BCUT2D eigenvalue weighted by atomic mass is 10.2. The molecule has 1 fully saturated rings. The van der Waals surface area contributed by atoms with Gasteiger partial charge >= 0.3 is 5.69 Å². The highest BCUT2D eigenvalue weighted by Gasteiger charge is 2.25. The first-order valence-electron chi connectivity index (χ1n) is 10.8. The number of aryl methyl sites for hydroxylation is 2. The summed E-state index contributed by atoms with van der Waals surface area (Å²) >= 11 is 3.45. The maximum absolute atomic E-state index is 13.4. The van der Waals surface area contributed by atoms with E-state index in [0.29, 0.717) is 17.1 Å². The van der Waals surface area contributed by atoms with Crippen molar-refractivity contribution in [2.45, 2.75) is 6.54 Å². The number of anilines is 2. The van der Waals surface area contributed by atoms with Crippen LogP contribution in [0, 0.1) is 0 Å². The summed E-state index contributed by atoms with van der Waals surface area (Å²) in [6, 6.07) is 13.5. The molecule has 3 aromatic heterocycles. The minimum Gasteiger partial charge on any atom is -0.353 e. The molecule has 1 aliphatic rings. The molecule has 9 nitrogen and oxygen atoms in total. The van der Waals surface area contributed by atoms with Crippen LogP contribution in [0.1, 0.15) is 5.56 Å². The number of aromatic nitrogens is 5. The lowest BCUT2D eigenvalue weighted by molar-refractivity contribution is 0.627. The summed E-state index contributed by atoms with van der Waals surface area (Å²) in [5.74, 6) is 1.65. The maximum atomic E-state index is 13.4. The van der Waals surface area contributed by atoms with Crippen LogP contribution in [0.5, 0.6) is 0 Å². The van der Waals surface area contributed by atoms with Gasteiger partial charge in [0, 0.05) is 50.9 Å². The molecule has 0 amide bonds. The van der Waals surface area contributed by atoms with Crippen LogP contribution in [-0.2, 0) is 20.6 Å². The first kappa shape index (κ1) is 21.4. The van der Waals surface area contributed by atoms with E-state index in [2.05, 4.69) is 30.7 Å². The normalized spacial score (nSPS) is 14.3. The Labute approximate surface area is 198 Å². The number of hydrogen-bond donors (Lipinski definition) is 0. The lowest BCUT2D eigenvalue weighted by Gasteiger charge is -2.35. The summed E-state index contributed by atoms with van der Waals surface area (Å²) in [5, 5.41) is 0. The van der Waals surface area contributed by atoms with E-state index in [1.165, 1.54) is 9.13 Å². The smallest absolute Gasteiger partial charge is 0.332 e. The first-order valence-corrected chi connectivity index (χ1v) is 11.5. The standard InChI is InChI=1S/C23H24BrN7O2/c1-27-19-20(26-22(27)30-12-10-29(11-13-30)18-8-3-4-9-25-18)28(2)23(33)31(21(19)32)15-16-6-5-7-17(24)14-16/h3-9,14H,10-13,15H2,1-2H3. The molecule has 4 aromatic rings. The van der Waals surface area contributed by atoms with Crippen LogP contribution in [0.2, 0.25) is 0 Å². The van der Waals surface area contributed by atoms with E-state index in [1.807, 2.05) is 54.1 Å². The van der Waals surface area contributed by atoms with Crippen molar-refractivity contribution in [3.63, 3.8) is 0 Å². The van der Waals surface area contributed by atoms with Gasteiger partial charge in [-0.3, -0.25) is 13.9 Å². The minimum absolute atomic E-state index is 0.199. The van der Waals surface area contributed by atoms with Crippen LogP contribution >= 0.6 is 15.9 Å². The third-order valence-electron chi connectivity index (χ3n) is 6.10. The number of halogens is 1. The van der Waals surface area contributed by atoms with Gasteiger partial charge in [0.05, 0.1) is 6.54 Å². The number of piperazine rings is 1. The van der Waals surface area contributed by atoms with Crippen molar-refractivity contribution in [1.29, 1.82) is 0 Å². The Kier molecular flexibility index (Phi) is 5.53. The van der Waals surface area contributed by atoms with Crippen molar-refractivity contribution in [3.8, 4) is 0 Å². The van der Waals surface area contributed by atoms with Crippen LogP contribution in [0.15, 0.2) is 62.7 Å². The molecule has 0 spiro atoms. The summed E-state index contributed by atoms with van der Waals surface area (Å²) in [6.07, 6.45) is 1.80. The van der Waals surface area contributed by atoms with Gasteiger partial charge in [0.15, 0.2) is 11.2 Å². The van der Waals surface area contributed by atoms with Gasteiger partial charge in [0.1, 0.15) is 5.82 Å². The highest BCUT2D eigenvalue weighted by Crippen LogP contribution is 2.21. The Morgan fingerprint density at radius 2 is 1.70 bits per heavy atom. The highest BCUT2D eigenvalue weighted by molar-refractivity contribution is 9.10. The van der Waals surface area contributed by atoms with Gasteiger partial charge in [-0.05, 0) is 29.8 Å². The first-order chi connectivity index (χ1) is 15.9. The van der Waals surface area contributed by atoms with Gasteiger partial charge < -0.3 is 14.4 Å². The molecule has 0 saturated carbocycles. The number of rotatable bonds is 4. The Hall–Kier alpha value is -3.40. The molecule has 4 heterocycles. The lowest BCUT2D eigenvalue weighted by Crippen LogP contribution is -2.47. The van der Waals surface area contributed by atoms with E-state index in [9.17, 15) is 9.59 Å². The molecule has 33 heavy (non-hydrogen) atoms. The second kappa shape index (κ2) is 8.51. The SMILES string of the molecule is Cn1c(N2CCN(c3ccccn3)CC2)nc2c1c(=O)n(Cc1cccc(Br)c1)c(=O)n2C. The average Bonchev–Trinajstić information content (AvgIpc) is 3.18. The van der Waals surface area contributed by atoms with Gasteiger partial charge in [-0.1, -0.05) is 34.1 Å². The second-order valence-electron chi connectivity index (χ2n) is 8.17. The molecule has 0 aliphatic carbocycles. The van der Waals surface area contributed by atoms with Gasteiger partial charge in [0.2, 0.25) is 5.95 Å². The largest absolute Gasteiger partial charge is 0.353 e. The molecule has 1 aliphatic heterocycles.